The molecule has 4 heterocycles. The second kappa shape index (κ2) is 10.1. The third-order valence-corrected chi connectivity index (χ3v) is 6.65. The van der Waals surface area contributed by atoms with Crippen molar-refractivity contribution in [1.82, 2.24) is 30.1 Å². The minimum absolute atomic E-state index is 0.0179. The molecule has 3 aromatic heterocycles. The predicted octanol–water partition coefficient (Wildman–Crippen LogP) is 5.20. The van der Waals surface area contributed by atoms with Gasteiger partial charge < -0.3 is 9.32 Å². The molecule has 1 unspecified atom stereocenters. The zero-order chi connectivity index (χ0) is 25.3. The Hall–Kier alpha value is -3.18. The molecule has 5 rings (SSSR count). The highest BCUT2D eigenvalue weighted by atomic mass is 35.5. The molecule has 0 N–H and O–H groups in total. The molecule has 12 heteroatoms. The maximum absolute atomic E-state index is 13.0. The second-order valence-corrected chi connectivity index (χ2v) is 9.16. The van der Waals surface area contributed by atoms with Crippen LogP contribution >= 0.6 is 11.6 Å². The van der Waals surface area contributed by atoms with E-state index in [1.807, 2.05) is 39.9 Å². The Balaban J connectivity index is 1.41. The summed E-state index contributed by atoms with van der Waals surface area (Å²) in [6, 6.07) is 10.4. The molecule has 1 fully saturated rings. The Morgan fingerprint density at radius 3 is 2.58 bits per heavy atom. The van der Waals surface area contributed by atoms with Gasteiger partial charge in [-0.15, -0.1) is 5.10 Å². The fourth-order valence-corrected chi connectivity index (χ4v) is 4.78. The lowest BCUT2D eigenvalue weighted by atomic mass is 10.1. The summed E-state index contributed by atoms with van der Waals surface area (Å²) in [4.78, 5) is 8.14. The molecular weight excluding hydrogens is 495 g/mol. The Labute approximate surface area is 210 Å². The number of hydrogen-bond donors (Lipinski definition) is 0. The van der Waals surface area contributed by atoms with Gasteiger partial charge in [-0.05, 0) is 35.0 Å². The van der Waals surface area contributed by atoms with Crippen LogP contribution in [0.1, 0.15) is 43.0 Å². The van der Waals surface area contributed by atoms with Gasteiger partial charge in [0, 0.05) is 44.3 Å². The molecule has 1 atom stereocenters. The quantitative estimate of drug-likeness (QED) is 0.332. The largest absolute Gasteiger partial charge is 0.459 e. The van der Waals surface area contributed by atoms with Gasteiger partial charge in [0.15, 0.2) is 5.82 Å². The van der Waals surface area contributed by atoms with Crippen molar-refractivity contribution in [3.63, 3.8) is 0 Å². The fraction of sp³-hybridized carbons (Fsp3) is 0.417. The zero-order valence-electron chi connectivity index (χ0n) is 19.6. The third-order valence-electron chi connectivity index (χ3n) is 6.37. The lowest BCUT2D eigenvalue weighted by molar-refractivity contribution is -0.137. The topological polar surface area (TPSA) is 76.1 Å². The predicted molar refractivity (Wildman–Crippen MR) is 129 cm³/mol. The molecule has 0 aliphatic carbocycles. The first kappa shape index (κ1) is 24.5. The summed E-state index contributed by atoms with van der Waals surface area (Å²) in [5.74, 6) is 1.78. The Kier molecular flexibility index (Phi) is 6.85. The van der Waals surface area contributed by atoms with Crippen molar-refractivity contribution in [1.29, 1.82) is 0 Å². The highest BCUT2D eigenvalue weighted by Gasteiger charge is 2.35. The molecule has 0 radical (unpaired) electrons. The molecule has 0 bridgehead atoms. The number of benzene rings is 1. The lowest BCUT2D eigenvalue weighted by Gasteiger charge is -2.38. The van der Waals surface area contributed by atoms with Gasteiger partial charge in [-0.3, -0.25) is 4.90 Å². The minimum atomic E-state index is -4.49. The van der Waals surface area contributed by atoms with Crippen LogP contribution in [0.4, 0.5) is 19.0 Å². The summed E-state index contributed by atoms with van der Waals surface area (Å²) < 4.78 is 47.1. The molecule has 36 heavy (non-hydrogen) atoms. The van der Waals surface area contributed by atoms with Crippen molar-refractivity contribution >= 4 is 28.4 Å². The van der Waals surface area contributed by atoms with Gasteiger partial charge in [0.2, 0.25) is 0 Å². The van der Waals surface area contributed by atoms with Gasteiger partial charge in [-0.2, -0.15) is 13.2 Å². The van der Waals surface area contributed by atoms with Crippen LogP contribution in [0.25, 0.3) is 11.0 Å². The van der Waals surface area contributed by atoms with Crippen LogP contribution in [0, 0.1) is 0 Å². The average molecular weight is 520 g/mol. The first-order valence-corrected chi connectivity index (χ1v) is 12.2. The van der Waals surface area contributed by atoms with E-state index in [1.165, 1.54) is 0 Å². The van der Waals surface area contributed by atoms with Crippen LogP contribution < -0.4 is 4.90 Å². The van der Waals surface area contributed by atoms with Crippen molar-refractivity contribution in [2.75, 3.05) is 31.1 Å². The number of aromatic nitrogens is 5. The van der Waals surface area contributed by atoms with E-state index in [4.69, 9.17) is 16.0 Å². The molecular formula is C24H25ClF3N7O. The Morgan fingerprint density at radius 2 is 1.89 bits per heavy atom. The monoisotopic (exact) mass is 519 g/mol. The van der Waals surface area contributed by atoms with Crippen molar-refractivity contribution in [3.8, 4) is 0 Å². The number of alkyl halides is 3. The first-order valence-electron chi connectivity index (χ1n) is 11.8. The molecule has 1 aliphatic rings. The van der Waals surface area contributed by atoms with Crippen LogP contribution in [-0.4, -0.2) is 56.3 Å². The highest BCUT2D eigenvalue weighted by Crippen LogP contribution is 2.36. The second-order valence-electron chi connectivity index (χ2n) is 8.75. The molecule has 0 spiro atoms. The summed E-state index contributed by atoms with van der Waals surface area (Å²) in [5, 5.41) is 13.5. The van der Waals surface area contributed by atoms with E-state index in [1.54, 1.807) is 0 Å². The van der Waals surface area contributed by atoms with E-state index in [-0.39, 0.29) is 11.1 Å². The van der Waals surface area contributed by atoms with E-state index >= 15 is 0 Å². The molecule has 1 aromatic carbocycles. The number of pyridine rings is 1. The van der Waals surface area contributed by atoms with Crippen LogP contribution in [0.15, 0.2) is 47.0 Å². The number of para-hydroxylation sites is 1. The summed E-state index contributed by atoms with van der Waals surface area (Å²) in [7, 11) is 0. The Morgan fingerprint density at radius 1 is 1.11 bits per heavy atom. The van der Waals surface area contributed by atoms with Gasteiger partial charge in [-0.25, -0.2) is 9.67 Å². The first-order chi connectivity index (χ1) is 17.3. The number of hydrogen-bond acceptors (Lipinski definition) is 7. The number of fused-ring (bicyclic) bond motifs is 1. The van der Waals surface area contributed by atoms with Crippen LogP contribution in [0.2, 0.25) is 5.02 Å². The van der Waals surface area contributed by atoms with Crippen molar-refractivity contribution in [3.05, 3.63) is 64.8 Å². The zero-order valence-corrected chi connectivity index (χ0v) is 20.4. The van der Waals surface area contributed by atoms with Crippen LogP contribution in [0.5, 0.6) is 0 Å². The van der Waals surface area contributed by atoms with E-state index in [0.717, 1.165) is 41.8 Å². The number of aryl methyl sites for hydroxylation is 1. The Bertz CT molecular complexity index is 1300. The van der Waals surface area contributed by atoms with Crippen LogP contribution in [-0.2, 0) is 12.7 Å². The van der Waals surface area contributed by atoms with E-state index in [2.05, 4.69) is 32.3 Å². The van der Waals surface area contributed by atoms with Crippen molar-refractivity contribution in [2.24, 2.45) is 0 Å². The van der Waals surface area contributed by atoms with E-state index in [9.17, 15) is 13.2 Å². The van der Waals surface area contributed by atoms with Gasteiger partial charge in [0.1, 0.15) is 23.2 Å². The number of tetrazole rings is 1. The number of rotatable bonds is 7. The summed E-state index contributed by atoms with van der Waals surface area (Å²) in [5.41, 5.74) is -0.0804. The molecule has 0 saturated carbocycles. The summed E-state index contributed by atoms with van der Waals surface area (Å²) >= 11 is 6.20. The number of nitrogens with zero attached hydrogens (tertiary/aromatic N) is 7. The number of piperazine rings is 1. The molecule has 4 aromatic rings. The third kappa shape index (κ3) is 4.90. The standard InChI is InChI=1S/C24H25ClF3N7O/c1-2-3-8-35-23(30-31-32-35)21(20-13-16-6-4-5-7-19(16)36-20)33-9-11-34(12-10-33)22-18(25)14-17(15-29-22)24(26,27)28/h4-7,13-15,21H,2-3,8-12H2,1H3. The minimum Gasteiger partial charge on any atom is -0.459 e. The molecule has 8 nitrogen and oxygen atoms in total. The number of furan rings is 1. The fourth-order valence-electron chi connectivity index (χ4n) is 4.49. The normalized spacial score (nSPS) is 16.1. The SMILES string of the molecule is CCCCn1nnnc1C(c1cc2ccccc2o1)N1CCN(c2ncc(C(F)(F)F)cc2Cl)CC1. The average Bonchev–Trinajstić information content (AvgIpc) is 3.50. The van der Waals surface area contributed by atoms with Gasteiger partial charge in [-0.1, -0.05) is 43.1 Å². The smallest absolute Gasteiger partial charge is 0.417 e. The van der Waals surface area contributed by atoms with Crippen LogP contribution in [0.3, 0.4) is 0 Å². The highest BCUT2D eigenvalue weighted by molar-refractivity contribution is 6.33. The number of unbranched alkanes of at least 4 members (excludes halogenated alkanes) is 1. The van der Waals surface area contributed by atoms with Crippen molar-refractivity contribution < 1.29 is 17.6 Å². The van der Waals surface area contributed by atoms with Gasteiger partial charge in [0.05, 0.1) is 10.6 Å². The number of halogens is 4. The maximum Gasteiger partial charge on any atom is 0.417 e. The van der Waals surface area contributed by atoms with E-state index in [0.29, 0.717) is 44.4 Å². The molecule has 190 valence electrons. The molecule has 1 aliphatic heterocycles. The van der Waals surface area contributed by atoms with Gasteiger partial charge >= 0.3 is 6.18 Å². The van der Waals surface area contributed by atoms with Gasteiger partial charge in [0.25, 0.3) is 0 Å². The summed E-state index contributed by atoms with van der Waals surface area (Å²) in [6.07, 6.45) is -1.72. The van der Waals surface area contributed by atoms with E-state index < -0.39 is 11.7 Å². The van der Waals surface area contributed by atoms with Crippen molar-refractivity contribution in [2.45, 2.75) is 38.5 Å². The lowest BCUT2D eigenvalue weighted by Crippen LogP contribution is -2.48. The number of anilines is 1. The summed E-state index contributed by atoms with van der Waals surface area (Å²) in [6.45, 7) is 5.01. The molecule has 1 saturated heterocycles. The molecule has 0 amide bonds. The maximum atomic E-state index is 13.0.